The van der Waals surface area contributed by atoms with Gasteiger partial charge in [-0.25, -0.2) is 0 Å². The molecule has 13 aromatic rings. The number of hydrogen-bond acceptors (Lipinski definition) is 2. The Morgan fingerprint density at radius 3 is 1.10 bits per heavy atom. The molecule has 0 spiro atoms. The predicted octanol–water partition coefficient (Wildman–Crippen LogP) is 11.4. The van der Waals surface area contributed by atoms with Gasteiger partial charge in [0.15, 0.2) is 0 Å². The van der Waals surface area contributed by atoms with Crippen LogP contribution in [0.25, 0.3) is 76.5 Å². The number of anilines is 6. The summed E-state index contributed by atoms with van der Waals surface area (Å²) in [5.41, 5.74) is 23.0. The van der Waals surface area contributed by atoms with E-state index in [9.17, 15) is 0 Å². The van der Waals surface area contributed by atoms with Gasteiger partial charge < -0.3 is 18.9 Å². The molecule has 6 heteroatoms. The number of para-hydroxylation sites is 4. The van der Waals surface area contributed by atoms with Crippen molar-refractivity contribution in [2.75, 3.05) is 9.80 Å². The second-order valence-electron chi connectivity index (χ2n) is 19.1. The van der Waals surface area contributed by atoms with Gasteiger partial charge in [-0.1, -0.05) is 158 Å². The molecule has 4 nitrogen and oxygen atoms in total. The van der Waals surface area contributed by atoms with Crippen molar-refractivity contribution in [2.24, 2.45) is 0 Å². The number of fused-ring (bicyclic) bond motifs is 20. The molecule has 2 aromatic heterocycles. The van der Waals surface area contributed by atoms with Crippen LogP contribution in [-0.4, -0.2) is 22.6 Å². The maximum atomic E-state index is 2.68. The van der Waals surface area contributed by atoms with Crippen molar-refractivity contribution in [3.8, 4) is 11.4 Å². The van der Waals surface area contributed by atoms with Crippen LogP contribution in [0.15, 0.2) is 218 Å². The summed E-state index contributed by atoms with van der Waals surface area (Å²) in [6, 6.07) is 82.5. The maximum absolute atomic E-state index is 2.68. The molecule has 0 atom stereocenters. The van der Waals surface area contributed by atoms with E-state index in [2.05, 4.69) is 237 Å². The predicted molar refractivity (Wildman–Crippen MR) is 289 cm³/mol. The average Bonchev–Trinajstić information content (AvgIpc) is 3.94. The maximum Gasteiger partial charge on any atom is 0.252 e. The summed E-state index contributed by atoms with van der Waals surface area (Å²) in [5.74, 6) is 0. The van der Waals surface area contributed by atoms with Gasteiger partial charge in [0.05, 0.1) is 22.1 Å². The lowest BCUT2D eigenvalue weighted by Crippen LogP contribution is -2.63. The van der Waals surface area contributed by atoms with Crippen LogP contribution < -0.4 is 42.6 Å². The Bertz CT molecular complexity index is 4130. The fourth-order valence-electron chi connectivity index (χ4n) is 13.5. The van der Waals surface area contributed by atoms with Crippen molar-refractivity contribution in [1.82, 2.24) is 9.13 Å². The molecule has 0 bridgehead atoms. The first-order chi connectivity index (χ1) is 33.8. The Morgan fingerprint density at radius 2 is 0.632 bits per heavy atom. The van der Waals surface area contributed by atoms with Gasteiger partial charge in [0.1, 0.15) is 0 Å². The number of aromatic nitrogens is 2. The molecule has 0 fully saturated rings. The van der Waals surface area contributed by atoms with Gasteiger partial charge >= 0.3 is 0 Å². The number of rotatable bonds is 2. The number of hydrogen-bond donors (Lipinski definition) is 0. The largest absolute Gasteiger partial charge is 0.311 e. The molecular formula is C62H36B2N4. The van der Waals surface area contributed by atoms with Crippen LogP contribution in [0.3, 0.4) is 0 Å². The van der Waals surface area contributed by atoms with Crippen LogP contribution in [0.5, 0.6) is 0 Å². The van der Waals surface area contributed by atoms with E-state index < -0.39 is 0 Å². The summed E-state index contributed by atoms with van der Waals surface area (Å²) in [6.45, 7) is -0.0236. The summed E-state index contributed by atoms with van der Waals surface area (Å²) in [7, 11) is 0. The molecule has 310 valence electrons. The van der Waals surface area contributed by atoms with Crippen LogP contribution in [0.2, 0.25) is 0 Å². The molecule has 0 radical (unpaired) electrons. The van der Waals surface area contributed by atoms with Gasteiger partial charge in [0.2, 0.25) is 0 Å². The third kappa shape index (κ3) is 4.22. The van der Waals surface area contributed by atoms with E-state index in [0.717, 1.165) is 0 Å². The van der Waals surface area contributed by atoms with Gasteiger partial charge in [-0.15, -0.1) is 0 Å². The topological polar surface area (TPSA) is 16.3 Å². The highest BCUT2D eigenvalue weighted by Crippen LogP contribution is 2.47. The van der Waals surface area contributed by atoms with E-state index in [1.165, 1.54) is 143 Å². The summed E-state index contributed by atoms with van der Waals surface area (Å²) >= 11 is 0. The third-order valence-electron chi connectivity index (χ3n) is 16.0. The van der Waals surface area contributed by atoms with E-state index in [4.69, 9.17) is 0 Å². The lowest BCUT2D eigenvalue weighted by molar-refractivity contribution is 1.16. The van der Waals surface area contributed by atoms with Crippen LogP contribution in [0.4, 0.5) is 34.1 Å². The summed E-state index contributed by atoms with van der Waals surface area (Å²) in [5, 5.41) is 10.2. The van der Waals surface area contributed by atoms with Crippen molar-refractivity contribution in [2.45, 2.75) is 0 Å². The molecule has 0 aliphatic carbocycles. The molecular weight excluding hydrogens is 822 g/mol. The van der Waals surface area contributed by atoms with Gasteiger partial charge in [-0.3, -0.25) is 0 Å². The van der Waals surface area contributed by atoms with E-state index in [0.29, 0.717) is 0 Å². The molecule has 0 saturated carbocycles. The monoisotopic (exact) mass is 858 g/mol. The minimum Gasteiger partial charge on any atom is -0.311 e. The van der Waals surface area contributed by atoms with E-state index >= 15 is 0 Å². The Morgan fingerprint density at radius 1 is 0.250 bits per heavy atom. The summed E-state index contributed by atoms with van der Waals surface area (Å²) in [4.78, 5) is 5.02. The Labute approximate surface area is 392 Å². The third-order valence-corrected chi connectivity index (χ3v) is 16.0. The minimum absolute atomic E-state index is 0.0118. The summed E-state index contributed by atoms with van der Waals surface area (Å²) < 4.78 is 5.36. The molecule has 68 heavy (non-hydrogen) atoms. The van der Waals surface area contributed by atoms with Crippen LogP contribution in [-0.2, 0) is 0 Å². The smallest absolute Gasteiger partial charge is 0.252 e. The molecule has 0 N–H and O–H groups in total. The highest BCUT2D eigenvalue weighted by atomic mass is 15.2. The highest BCUT2D eigenvalue weighted by molar-refractivity contribution is 7.02. The van der Waals surface area contributed by atoms with E-state index in [1.54, 1.807) is 0 Å². The second-order valence-corrected chi connectivity index (χ2v) is 19.1. The van der Waals surface area contributed by atoms with Gasteiger partial charge in [0, 0.05) is 77.8 Å². The number of benzene rings is 11. The first-order valence-electron chi connectivity index (χ1n) is 23.8. The molecule has 0 saturated heterocycles. The molecule has 4 aliphatic heterocycles. The first-order valence-corrected chi connectivity index (χ1v) is 23.8. The van der Waals surface area contributed by atoms with Crippen molar-refractivity contribution in [3.05, 3.63) is 218 Å². The average molecular weight is 859 g/mol. The van der Waals surface area contributed by atoms with E-state index in [1.807, 2.05) is 0 Å². The summed E-state index contributed by atoms with van der Waals surface area (Å²) in [6.07, 6.45) is 0. The SMILES string of the molecule is c1ccc(N2c3ccccc3B3c4cc5c(cc4-n4c6c3c2ccc6c2ccc3ccccc3c24)B2c3ccccc3N(c3ccccc3)c3ccc4c6ccc7ccccc7c6n-5c4c32)cc1. The van der Waals surface area contributed by atoms with Crippen molar-refractivity contribution in [1.29, 1.82) is 0 Å². The zero-order valence-corrected chi connectivity index (χ0v) is 36.7. The van der Waals surface area contributed by atoms with Crippen molar-refractivity contribution in [3.63, 3.8) is 0 Å². The zero-order chi connectivity index (χ0) is 43.9. The van der Waals surface area contributed by atoms with Crippen molar-refractivity contribution >= 4 is 145 Å². The Balaban J connectivity index is 1.08. The molecule has 17 rings (SSSR count). The Kier molecular flexibility index (Phi) is 6.57. The van der Waals surface area contributed by atoms with Crippen LogP contribution in [0, 0.1) is 0 Å². The van der Waals surface area contributed by atoms with Gasteiger partial charge in [-0.2, -0.15) is 0 Å². The second kappa shape index (κ2) is 12.6. The van der Waals surface area contributed by atoms with Crippen LogP contribution >= 0.6 is 0 Å². The minimum atomic E-state index is -0.0118. The van der Waals surface area contributed by atoms with Gasteiger partial charge in [0.25, 0.3) is 13.4 Å². The molecule has 0 unspecified atom stereocenters. The normalized spacial score (nSPS) is 13.8. The standard InChI is InChI=1S/C62H36B2N4/c1-3-17-39(18-4-1)65-51-25-13-11-23-47(51)63-49-35-56-50(36-55(49)67-59-41-21-9-7-15-37(41)27-29-43(59)45-31-33-53(65)57(63)61(45)67)64-48-24-12-14-26-52(48)66(40-19-5-2-6-20-40)54-34-32-46-44-30-28-38-16-8-10-22-42(38)60(44)68(56)62(46)58(54)64/h1-36H. The first kappa shape index (κ1) is 35.5. The quantitative estimate of drug-likeness (QED) is 0.161. The van der Waals surface area contributed by atoms with E-state index in [-0.39, 0.29) is 13.4 Å². The fraction of sp³-hybridized carbons (Fsp3) is 0. The lowest BCUT2D eigenvalue weighted by atomic mass is 9.31. The van der Waals surface area contributed by atoms with Crippen LogP contribution in [0.1, 0.15) is 0 Å². The fourth-order valence-corrected chi connectivity index (χ4v) is 13.5. The highest BCUT2D eigenvalue weighted by Gasteiger charge is 2.46. The lowest BCUT2D eigenvalue weighted by Gasteiger charge is -2.42. The molecule has 4 aliphatic rings. The Hall–Kier alpha value is -8.73. The number of nitrogens with zero attached hydrogens (tertiary/aromatic N) is 4. The van der Waals surface area contributed by atoms with Crippen molar-refractivity contribution < 1.29 is 0 Å². The molecule has 6 heterocycles. The molecule has 0 amide bonds. The zero-order valence-electron chi connectivity index (χ0n) is 36.7. The van der Waals surface area contributed by atoms with Gasteiger partial charge in [-0.05, 0) is 104 Å². The molecule has 11 aromatic carbocycles.